The first-order valence-corrected chi connectivity index (χ1v) is 18.3. The maximum Gasteiger partial charge on any atom is 0.343 e. The lowest BCUT2D eigenvalue weighted by molar-refractivity contribution is 0.0724. The molecule has 3 aliphatic heterocycles. The first-order valence-electron chi connectivity index (χ1n) is 18.3. The molecule has 10 nitrogen and oxygen atoms in total. The van der Waals surface area contributed by atoms with Crippen molar-refractivity contribution in [2.45, 2.75) is 38.1 Å². The van der Waals surface area contributed by atoms with Crippen molar-refractivity contribution in [3.05, 3.63) is 124 Å². The maximum absolute atomic E-state index is 13.8. The number of fused-ring (bicyclic) bond motifs is 3. The average molecular weight is 730 g/mol. The van der Waals surface area contributed by atoms with Gasteiger partial charge in [0.1, 0.15) is 5.75 Å². The van der Waals surface area contributed by atoms with Gasteiger partial charge >= 0.3 is 5.97 Å². The number of hydrogen-bond donors (Lipinski definition) is 2. The molecule has 0 saturated carbocycles. The number of nitrogens with one attached hydrogen (secondary N) is 1. The molecule has 8 rings (SSSR count). The molecule has 10 heteroatoms. The fourth-order valence-electron chi connectivity index (χ4n) is 7.35. The normalized spacial score (nSPS) is 15.2. The van der Waals surface area contributed by atoms with Crippen LogP contribution >= 0.6 is 0 Å². The van der Waals surface area contributed by atoms with Crippen LogP contribution in [0.2, 0.25) is 0 Å². The van der Waals surface area contributed by atoms with E-state index in [-0.39, 0.29) is 11.8 Å². The average Bonchev–Trinajstić information content (AvgIpc) is 3.19. The highest BCUT2D eigenvalue weighted by Crippen LogP contribution is 2.52. The van der Waals surface area contributed by atoms with Crippen molar-refractivity contribution in [2.75, 3.05) is 54.2 Å². The monoisotopic (exact) mass is 729 g/mol. The number of esters is 1. The Morgan fingerprint density at radius 2 is 1.52 bits per heavy atom. The van der Waals surface area contributed by atoms with E-state index < -0.39 is 5.97 Å². The van der Waals surface area contributed by atoms with E-state index in [1.54, 1.807) is 45.6 Å². The van der Waals surface area contributed by atoms with Gasteiger partial charge < -0.3 is 39.5 Å². The number of hydrogen-bond acceptors (Lipinski definition) is 10. The van der Waals surface area contributed by atoms with Gasteiger partial charge in [-0.15, -0.1) is 0 Å². The number of carbonyl (C=O) groups is 1. The van der Waals surface area contributed by atoms with Gasteiger partial charge in [0, 0.05) is 29.9 Å². The summed E-state index contributed by atoms with van der Waals surface area (Å²) in [5.74, 6) is 3.32. The van der Waals surface area contributed by atoms with Gasteiger partial charge in [-0.3, -0.25) is 4.90 Å². The van der Waals surface area contributed by atoms with Crippen LogP contribution in [-0.2, 0) is 32.1 Å². The summed E-state index contributed by atoms with van der Waals surface area (Å²) in [6, 6.07) is 26.6. The van der Waals surface area contributed by atoms with Crippen LogP contribution in [-0.4, -0.2) is 59.4 Å². The maximum atomic E-state index is 13.8. The van der Waals surface area contributed by atoms with E-state index in [0.29, 0.717) is 57.9 Å². The van der Waals surface area contributed by atoms with E-state index in [2.05, 4.69) is 41.5 Å². The number of nitrogens with zero attached hydrogens (tertiary/aromatic N) is 1. The Labute approximate surface area is 316 Å². The zero-order valence-corrected chi connectivity index (χ0v) is 31.5. The van der Waals surface area contributed by atoms with Gasteiger partial charge in [-0.1, -0.05) is 30.3 Å². The number of carbonyl (C=O) groups excluding carboxylic acids is 1. The number of aryl methyl sites for hydroxylation is 2. The van der Waals surface area contributed by atoms with Crippen LogP contribution in [0.1, 0.15) is 49.8 Å². The predicted molar refractivity (Wildman–Crippen MR) is 209 cm³/mol. The van der Waals surface area contributed by atoms with Crippen molar-refractivity contribution in [1.82, 2.24) is 10.2 Å². The van der Waals surface area contributed by atoms with Crippen LogP contribution < -0.4 is 39.5 Å². The molecule has 5 aromatic carbocycles. The summed E-state index contributed by atoms with van der Waals surface area (Å²) in [7, 11) is 8.85. The molecule has 0 radical (unpaired) electrons. The van der Waals surface area contributed by atoms with Gasteiger partial charge in [0.15, 0.2) is 34.5 Å². The van der Waals surface area contributed by atoms with Crippen molar-refractivity contribution >= 4 is 11.7 Å². The number of anilines is 1. The molecular formula is C44H47N3O7. The molecule has 0 unspecified atom stereocenters. The van der Waals surface area contributed by atoms with E-state index in [1.165, 1.54) is 0 Å². The molecule has 3 heterocycles. The molecule has 1 atom stereocenters. The first kappa shape index (κ1) is 36.6. The quantitative estimate of drug-likeness (QED) is 0.0935. The largest absolute Gasteiger partial charge is 0.493 e. The highest BCUT2D eigenvalue weighted by molar-refractivity contribution is 5.92. The predicted octanol–water partition coefficient (Wildman–Crippen LogP) is 7.73. The first-order chi connectivity index (χ1) is 26.3. The van der Waals surface area contributed by atoms with Gasteiger partial charge in [-0.05, 0) is 129 Å². The topological polar surface area (TPSA) is 114 Å². The molecule has 5 aromatic rings. The highest BCUT2D eigenvalue weighted by Gasteiger charge is 2.35. The number of likely N-dealkylation sites (N-methyl/N-ethyl adjacent to an activating group) is 2. The molecule has 3 aliphatic rings. The fraction of sp³-hybridized carbons (Fsp3) is 0.295. The fourth-order valence-corrected chi connectivity index (χ4v) is 7.35. The molecule has 280 valence electrons. The standard InChI is InChI=1S/C44H47N3O7/c1-46-19-17-30-22-36(49-3)39-23-29(30)14-11-27-12-15-33(16-13-27)52-38-25-32(34(45)26-37(38)50-4)21-35-41-31(18-20-47(35)2)24-40(51-5)42(43(41)53-39)54-44(48)28-9-7-6-8-10-28/h6-10,12-13,15-16,22-26,35,46H,11,14,17-21,45H2,1-5H3/t35-/m0/s1. The minimum atomic E-state index is -0.532. The molecule has 54 heavy (non-hydrogen) atoms. The third-order valence-electron chi connectivity index (χ3n) is 10.4. The van der Waals surface area contributed by atoms with E-state index >= 15 is 0 Å². The van der Waals surface area contributed by atoms with Crippen LogP contribution in [0.3, 0.4) is 0 Å². The molecule has 0 saturated heterocycles. The number of rotatable bonds is 8. The van der Waals surface area contributed by atoms with Gasteiger partial charge in [0.05, 0.1) is 26.9 Å². The Bertz CT molecular complexity index is 2140. The second kappa shape index (κ2) is 16.1. The number of nitrogen functional groups attached to an aromatic ring is 1. The minimum Gasteiger partial charge on any atom is -0.493 e. The summed E-state index contributed by atoms with van der Waals surface area (Å²) in [5, 5.41) is 3.28. The van der Waals surface area contributed by atoms with Crippen molar-refractivity contribution in [2.24, 2.45) is 0 Å². The zero-order valence-electron chi connectivity index (χ0n) is 31.5. The number of methoxy groups -OCH3 is 3. The second-order valence-corrected chi connectivity index (χ2v) is 13.7. The van der Waals surface area contributed by atoms with Crippen LogP contribution in [0.4, 0.5) is 5.69 Å². The Hall–Kier alpha value is -5.71. The molecule has 6 bridgehead atoms. The van der Waals surface area contributed by atoms with E-state index in [1.807, 2.05) is 43.4 Å². The van der Waals surface area contributed by atoms with Gasteiger partial charge in [0.25, 0.3) is 0 Å². The van der Waals surface area contributed by atoms with E-state index in [9.17, 15) is 4.79 Å². The number of nitrogens with two attached hydrogens (primary N) is 1. The Morgan fingerprint density at radius 3 is 2.24 bits per heavy atom. The van der Waals surface area contributed by atoms with Gasteiger partial charge in [-0.25, -0.2) is 4.79 Å². The number of ether oxygens (including phenoxy) is 6. The highest BCUT2D eigenvalue weighted by atomic mass is 16.6. The Balaban J connectivity index is 1.47. The van der Waals surface area contributed by atoms with Crippen LogP contribution in [0.5, 0.6) is 46.0 Å². The Kier molecular flexibility index (Phi) is 10.9. The molecule has 3 N–H and O–H groups in total. The van der Waals surface area contributed by atoms with Crippen molar-refractivity contribution in [3.8, 4) is 46.0 Å². The lowest BCUT2D eigenvalue weighted by atomic mass is 9.87. The van der Waals surface area contributed by atoms with Crippen LogP contribution in [0.15, 0.2) is 84.9 Å². The molecular weight excluding hydrogens is 682 g/mol. The molecule has 0 aliphatic carbocycles. The number of benzene rings is 5. The second-order valence-electron chi connectivity index (χ2n) is 13.7. The summed E-state index contributed by atoms with van der Waals surface area (Å²) >= 11 is 0. The summed E-state index contributed by atoms with van der Waals surface area (Å²) < 4.78 is 37.5. The van der Waals surface area contributed by atoms with Crippen molar-refractivity contribution < 1.29 is 33.2 Å². The third kappa shape index (κ3) is 7.53. The molecule has 0 fully saturated rings. The third-order valence-corrected chi connectivity index (χ3v) is 10.4. The lowest BCUT2D eigenvalue weighted by Crippen LogP contribution is -2.34. The SMILES string of the molecule is CNCCc1cc(OC)c2cc1CCc1ccc(cc1)Oc1cc(c(N)cc1OC)C[C@H]1c3c(cc(OC)c(OC(=O)c4ccccc4)c3O2)CCN1C. The molecule has 0 spiro atoms. The van der Waals surface area contributed by atoms with E-state index in [4.69, 9.17) is 34.2 Å². The Morgan fingerprint density at radius 1 is 0.815 bits per heavy atom. The summed E-state index contributed by atoms with van der Waals surface area (Å²) in [4.78, 5) is 16.0. The summed E-state index contributed by atoms with van der Waals surface area (Å²) in [5.41, 5.74) is 13.9. The van der Waals surface area contributed by atoms with Crippen molar-refractivity contribution in [3.63, 3.8) is 0 Å². The minimum absolute atomic E-state index is 0.189. The molecule has 0 amide bonds. The van der Waals surface area contributed by atoms with E-state index in [0.717, 1.165) is 72.2 Å². The van der Waals surface area contributed by atoms with Crippen LogP contribution in [0.25, 0.3) is 0 Å². The van der Waals surface area contributed by atoms with Crippen molar-refractivity contribution in [1.29, 1.82) is 0 Å². The van der Waals surface area contributed by atoms with Crippen LogP contribution in [0, 0.1) is 0 Å². The molecule has 0 aromatic heterocycles. The zero-order chi connectivity index (χ0) is 37.8. The summed E-state index contributed by atoms with van der Waals surface area (Å²) in [6.45, 7) is 1.56. The van der Waals surface area contributed by atoms with Gasteiger partial charge in [-0.2, -0.15) is 0 Å². The summed E-state index contributed by atoms with van der Waals surface area (Å²) in [6.07, 6.45) is 3.56. The lowest BCUT2D eigenvalue weighted by Gasteiger charge is -2.37. The van der Waals surface area contributed by atoms with Gasteiger partial charge in [0.2, 0.25) is 5.75 Å². The smallest absolute Gasteiger partial charge is 0.343 e.